The summed E-state index contributed by atoms with van der Waals surface area (Å²) < 4.78 is 21.3. The highest BCUT2D eigenvalue weighted by Crippen LogP contribution is 2.28. The number of morpholine rings is 1. The van der Waals surface area contributed by atoms with Gasteiger partial charge in [0.2, 0.25) is 0 Å². The Morgan fingerprint density at radius 1 is 1.31 bits per heavy atom. The minimum absolute atomic E-state index is 0. The third-order valence-corrected chi connectivity index (χ3v) is 5.13. The molecule has 1 aliphatic rings. The average molecular weight is 397 g/mol. The summed E-state index contributed by atoms with van der Waals surface area (Å²) in [7, 11) is 0. The zero-order chi connectivity index (χ0) is 20.4. The molecule has 1 N–H and O–H groups in total. The Hall–Kier alpha value is -3.19. The number of ether oxygens (including phenoxy) is 1. The minimum atomic E-state index is -0.494. The Morgan fingerprint density at radius 2 is 2.10 bits per heavy atom. The first-order chi connectivity index (χ1) is 14.1. The zero-order valence-corrected chi connectivity index (χ0v) is 16.0. The quantitative estimate of drug-likeness (QED) is 0.671. The van der Waals surface area contributed by atoms with Gasteiger partial charge in [0, 0.05) is 50.0 Å². The van der Waals surface area contributed by atoms with Crippen LogP contribution in [0.1, 0.15) is 18.2 Å². The van der Waals surface area contributed by atoms with Crippen LogP contribution in [0.5, 0.6) is 0 Å². The SMILES string of the molecule is C=CCCn1cc(-c2cc(F)cc(C(=O)N3CCOCC3)c2)c2cc[nH]c2c1=O.[HH]. The van der Waals surface area contributed by atoms with E-state index in [1.807, 2.05) is 0 Å². The van der Waals surface area contributed by atoms with Crippen LogP contribution in [0.15, 0.2) is 54.1 Å². The molecule has 2 aromatic heterocycles. The number of aryl methyl sites for hydroxylation is 1. The average Bonchev–Trinajstić information content (AvgIpc) is 3.23. The number of pyridine rings is 1. The maximum absolute atomic E-state index is 14.5. The summed E-state index contributed by atoms with van der Waals surface area (Å²) in [5.74, 6) is -0.717. The van der Waals surface area contributed by atoms with Gasteiger partial charge in [-0.15, -0.1) is 6.58 Å². The predicted octanol–water partition coefficient (Wildman–Crippen LogP) is 3.43. The van der Waals surface area contributed by atoms with Crippen molar-refractivity contribution in [2.75, 3.05) is 26.3 Å². The van der Waals surface area contributed by atoms with Crippen molar-refractivity contribution >= 4 is 16.8 Å². The Morgan fingerprint density at radius 3 is 2.86 bits per heavy atom. The number of hydrogen-bond donors (Lipinski definition) is 1. The highest BCUT2D eigenvalue weighted by atomic mass is 19.1. The van der Waals surface area contributed by atoms with Gasteiger partial charge in [0.15, 0.2) is 0 Å². The van der Waals surface area contributed by atoms with Crippen molar-refractivity contribution in [3.8, 4) is 11.1 Å². The number of halogens is 1. The normalized spacial score (nSPS) is 14.3. The third kappa shape index (κ3) is 3.73. The van der Waals surface area contributed by atoms with E-state index >= 15 is 0 Å². The molecule has 1 amide bonds. The topological polar surface area (TPSA) is 67.3 Å². The second kappa shape index (κ2) is 8.05. The highest BCUT2D eigenvalue weighted by molar-refractivity contribution is 5.98. The summed E-state index contributed by atoms with van der Waals surface area (Å²) in [5, 5.41) is 0.695. The van der Waals surface area contributed by atoms with Crippen LogP contribution in [0.25, 0.3) is 22.0 Å². The van der Waals surface area contributed by atoms with Crippen LogP contribution in [0, 0.1) is 5.82 Å². The number of nitrogens with one attached hydrogen (secondary N) is 1. The lowest BCUT2D eigenvalue weighted by atomic mass is 10.0. The van der Waals surface area contributed by atoms with E-state index in [2.05, 4.69) is 11.6 Å². The first kappa shape index (κ1) is 19.1. The molecule has 1 fully saturated rings. The van der Waals surface area contributed by atoms with Crippen molar-refractivity contribution in [3.63, 3.8) is 0 Å². The van der Waals surface area contributed by atoms with Crippen molar-refractivity contribution in [2.24, 2.45) is 0 Å². The predicted molar refractivity (Wildman–Crippen MR) is 112 cm³/mol. The molecule has 1 aromatic carbocycles. The maximum Gasteiger partial charge on any atom is 0.274 e. The van der Waals surface area contributed by atoms with Crippen LogP contribution in [0.2, 0.25) is 0 Å². The molecule has 6 nitrogen and oxygen atoms in total. The molecule has 1 saturated heterocycles. The Labute approximate surface area is 168 Å². The summed E-state index contributed by atoms with van der Waals surface area (Å²) in [4.78, 5) is 30.2. The Balaban J connectivity index is 0.00000256. The molecule has 0 radical (unpaired) electrons. The van der Waals surface area contributed by atoms with E-state index in [0.717, 1.165) is 0 Å². The molecule has 0 atom stereocenters. The molecule has 0 unspecified atom stereocenters. The molecule has 29 heavy (non-hydrogen) atoms. The molecule has 152 valence electrons. The van der Waals surface area contributed by atoms with E-state index in [0.29, 0.717) is 61.3 Å². The smallest absolute Gasteiger partial charge is 0.274 e. The first-order valence-corrected chi connectivity index (χ1v) is 9.58. The molecular weight excluding hydrogens is 373 g/mol. The van der Waals surface area contributed by atoms with Crippen molar-refractivity contribution < 1.29 is 15.3 Å². The lowest BCUT2D eigenvalue weighted by molar-refractivity contribution is 0.0302. The summed E-state index contributed by atoms with van der Waals surface area (Å²) in [6, 6.07) is 6.12. The molecule has 0 bridgehead atoms. The number of carbonyl (C=O) groups is 1. The second-order valence-corrected chi connectivity index (χ2v) is 7.02. The molecule has 7 heteroatoms. The van der Waals surface area contributed by atoms with Gasteiger partial charge in [-0.1, -0.05) is 6.08 Å². The molecule has 0 aliphatic carbocycles. The maximum atomic E-state index is 14.5. The van der Waals surface area contributed by atoms with Crippen LogP contribution >= 0.6 is 0 Å². The van der Waals surface area contributed by atoms with Gasteiger partial charge in [-0.2, -0.15) is 0 Å². The van der Waals surface area contributed by atoms with Crippen molar-refractivity contribution in [3.05, 3.63) is 71.0 Å². The number of amides is 1. The summed E-state index contributed by atoms with van der Waals surface area (Å²) >= 11 is 0. The highest BCUT2D eigenvalue weighted by Gasteiger charge is 2.21. The summed E-state index contributed by atoms with van der Waals surface area (Å²) in [6.07, 6.45) is 5.79. The molecule has 3 heterocycles. The van der Waals surface area contributed by atoms with E-state index in [1.165, 1.54) is 12.1 Å². The number of allylic oxidation sites excluding steroid dienone is 1. The number of nitrogens with zero attached hydrogens (tertiary/aromatic N) is 2. The standard InChI is InChI=1S/C22H22FN3O3.H2/c1-2-3-6-26-14-19(18-4-5-24-20(18)22(26)28)15-11-16(13-17(23)12-15)21(27)25-7-9-29-10-8-25;/h2,4-5,11-14,24H,1,3,6-10H2;1H. The van der Waals surface area contributed by atoms with Gasteiger partial charge in [-0.25, -0.2) is 4.39 Å². The molecule has 0 saturated carbocycles. The number of aromatic nitrogens is 2. The van der Waals surface area contributed by atoms with Gasteiger partial charge in [-0.05, 0) is 36.2 Å². The third-order valence-electron chi connectivity index (χ3n) is 5.13. The largest absolute Gasteiger partial charge is 0.378 e. The van der Waals surface area contributed by atoms with Gasteiger partial charge in [-0.3, -0.25) is 9.59 Å². The van der Waals surface area contributed by atoms with Gasteiger partial charge in [0.05, 0.1) is 13.2 Å². The van der Waals surface area contributed by atoms with E-state index in [1.54, 1.807) is 40.1 Å². The Kier molecular flexibility index (Phi) is 5.31. The number of benzene rings is 1. The van der Waals surface area contributed by atoms with E-state index in [-0.39, 0.29) is 18.5 Å². The Bertz CT molecular complexity index is 1130. The van der Waals surface area contributed by atoms with Crippen LogP contribution in [0.4, 0.5) is 4.39 Å². The van der Waals surface area contributed by atoms with Gasteiger partial charge in [0.1, 0.15) is 11.3 Å². The van der Waals surface area contributed by atoms with Crippen molar-refractivity contribution in [2.45, 2.75) is 13.0 Å². The number of hydrogen-bond acceptors (Lipinski definition) is 3. The lowest BCUT2D eigenvalue weighted by Gasteiger charge is -2.27. The molecule has 1 aliphatic heterocycles. The van der Waals surface area contributed by atoms with Crippen LogP contribution in [-0.2, 0) is 11.3 Å². The fourth-order valence-corrected chi connectivity index (χ4v) is 3.64. The first-order valence-electron chi connectivity index (χ1n) is 9.58. The zero-order valence-electron chi connectivity index (χ0n) is 16.0. The number of aromatic amines is 1. The van der Waals surface area contributed by atoms with Crippen LogP contribution < -0.4 is 5.56 Å². The monoisotopic (exact) mass is 397 g/mol. The second-order valence-electron chi connectivity index (χ2n) is 7.02. The van der Waals surface area contributed by atoms with Crippen molar-refractivity contribution in [1.29, 1.82) is 0 Å². The van der Waals surface area contributed by atoms with Crippen LogP contribution in [-0.4, -0.2) is 46.7 Å². The summed E-state index contributed by atoms with van der Waals surface area (Å²) in [5.41, 5.74) is 1.85. The molecule has 4 rings (SSSR count). The van der Waals surface area contributed by atoms with Crippen LogP contribution in [0.3, 0.4) is 0 Å². The summed E-state index contributed by atoms with van der Waals surface area (Å²) in [6.45, 7) is 6.10. The molecule has 3 aromatic rings. The number of H-pyrrole nitrogens is 1. The molecule has 0 spiro atoms. The van der Waals surface area contributed by atoms with E-state index in [9.17, 15) is 14.0 Å². The number of rotatable bonds is 5. The van der Waals surface area contributed by atoms with Gasteiger partial charge < -0.3 is 19.2 Å². The molecular formula is C22H24FN3O3. The van der Waals surface area contributed by atoms with E-state index in [4.69, 9.17) is 4.74 Å². The lowest BCUT2D eigenvalue weighted by Crippen LogP contribution is -2.40. The fraction of sp³-hybridized carbons (Fsp3) is 0.273. The number of carbonyl (C=O) groups excluding carboxylic acids is 1. The fourth-order valence-electron chi connectivity index (χ4n) is 3.64. The van der Waals surface area contributed by atoms with E-state index < -0.39 is 5.82 Å². The van der Waals surface area contributed by atoms with Gasteiger partial charge >= 0.3 is 0 Å². The number of fused-ring (bicyclic) bond motifs is 1. The van der Waals surface area contributed by atoms with Crippen molar-refractivity contribution in [1.82, 2.24) is 14.5 Å². The van der Waals surface area contributed by atoms with Gasteiger partial charge in [0.25, 0.3) is 11.5 Å². The minimum Gasteiger partial charge on any atom is -0.378 e.